The van der Waals surface area contributed by atoms with Crippen molar-refractivity contribution in [1.29, 1.82) is 0 Å². The zero-order valence-corrected chi connectivity index (χ0v) is 8.32. The Hall–Kier alpha value is -1.11. The van der Waals surface area contributed by atoms with Crippen molar-refractivity contribution in [2.75, 3.05) is 0 Å². The fourth-order valence-electron chi connectivity index (χ4n) is 0.402. The fourth-order valence-corrected chi connectivity index (χ4v) is 0.402. The molecule has 0 saturated heterocycles. The van der Waals surface area contributed by atoms with Crippen molar-refractivity contribution in [3.63, 3.8) is 0 Å². The number of carbonyl (C=O) groups excluding carboxylic acids is 1. The summed E-state index contributed by atoms with van der Waals surface area (Å²) in [5.41, 5.74) is 10.5. The molecule has 0 aromatic rings. The van der Waals surface area contributed by atoms with Gasteiger partial charge in [-0.15, -0.1) is 0 Å². The van der Waals surface area contributed by atoms with E-state index in [1.807, 2.05) is 0 Å². The average Bonchev–Trinajstić information content (AvgIpc) is 2.01. The Morgan fingerprint density at radius 1 is 1.43 bits per heavy atom. The van der Waals surface area contributed by atoms with E-state index in [0.29, 0.717) is 0 Å². The molecule has 0 heterocycles. The van der Waals surface area contributed by atoms with Crippen LogP contribution in [0.15, 0.2) is 0 Å². The molecule has 7 nitrogen and oxygen atoms in total. The Kier molecular flexibility index (Phi) is 15.8. The number of amides is 1. The van der Waals surface area contributed by atoms with Gasteiger partial charge in [-0.25, -0.2) is 0 Å². The third-order valence-electron chi connectivity index (χ3n) is 0.986. The molecule has 0 aliphatic heterocycles. The summed E-state index contributed by atoms with van der Waals surface area (Å²) >= 11 is 0. The zero-order chi connectivity index (χ0) is 10.9. The van der Waals surface area contributed by atoms with Gasteiger partial charge in [-0.3, -0.25) is 9.59 Å². The summed E-state index contributed by atoms with van der Waals surface area (Å²) in [6.07, 6.45) is -0.224. The third kappa shape index (κ3) is 17.1. The smallest absolute Gasteiger partial charge is 0.320 e. The number of carboxylic acid groups (broad SMARTS) is 2. The molecule has 83 valence electrons. The molecule has 0 fully saturated rings. The first kappa shape index (κ1) is 18.6. The van der Waals surface area contributed by atoms with Crippen molar-refractivity contribution in [3.8, 4) is 0 Å². The van der Waals surface area contributed by atoms with E-state index in [1.54, 1.807) is 0 Å². The minimum absolute atomic E-state index is 0. The van der Waals surface area contributed by atoms with Crippen LogP contribution in [0, 0.1) is 0 Å². The predicted octanol–water partition coefficient (Wildman–Crippen LogP) is -0.544. The van der Waals surface area contributed by atoms with Crippen LogP contribution in [0.5, 0.6) is 0 Å². The van der Waals surface area contributed by atoms with E-state index in [4.69, 9.17) is 26.5 Å². The first-order valence-corrected chi connectivity index (χ1v) is 3.26. The van der Waals surface area contributed by atoms with Crippen LogP contribution in [-0.4, -0.2) is 34.6 Å². The van der Waals surface area contributed by atoms with Crippen LogP contribution in [-0.2, 0) is 31.5 Å². The molecule has 0 bridgehead atoms. The molecule has 0 aromatic carbocycles. The van der Waals surface area contributed by atoms with Crippen molar-refractivity contribution < 1.29 is 41.7 Å². The Labute approximate surface area is 90.9 Å². The predicted molar refractivity (Wildman–Crippen MR) is 42.9 cm³/mol. The van der Waals surface area contributed by atoms with Crippen LogP contribution in [0.4, 0.5) is 0 Å². The molecule has 0 spiro atoms. The second kappa shape index (κ2) is 11.9. The number of aliphatic carboxylic acids is 2. The molecule has 1 radical (unpaired) electrons. The SMILES string of the molecule is N[C@@H](CCC(=O)O)C(=O)O.[Mn].[NH-]C=O. The summed E-state index contributed by atoms with van der Waals surface area (Å²) in [4.78, 5) is 28.3. The number of carboxylic acids is 2. The second-order valence-corrected chi connectivity index (χ2v) is 1.99. The van der Waals surface area contributed by atoms with Gasteiger partial charge in [0.25, 0.3) is 0 Å². The molecule has 1 amide bonds. The van der Waals surface area contributed by atoms with E-state index in [9.17, 15) is 9.59 Å². The van der Waals surface area contributed by atoms with Gasteiger partial charge in [-0.05, 0) is 6.42 Å². The van der Waals surface area contributed by atoms with Gasteiger partial charge in [-0.1, -0.05) is 0 Å². The Bertz CT molecular complexity index is 187. The number of rotatable bonds is 4. The van der Waals surface area contributed by atoms with Gasteiger partial charge in [0.1, 0.15) is 6.04 Å². The van der Waals surface area contributed by atoms with Gasteiger partial charge in [0.15, 0.2) is 0 Å². The molecule has 0 unspecified atom stereocenters. The maximum atomic E-state index is 9.99. The molecule has 8 heteroatoms. The monoisotopic (exact) mass is 246 g/mol. The number of carbonyl (C=O) groups is 3. The van der Waals surface area contributed by atoms with Gasteiger partial charge in [0.2, 0.25) is 0 Å². The van der Waals surface area contributed by atoms with Crippen LogP contribution < -0.4 is 5.73 Å². The first-order chi connectivity index (χ1) is 5.95. The van der Waals surface area contributed by atoms with Crippen LogP contribution in [0.3, 0.4) is 0 Å². The molecule has 0 aliphatic carbocycles. The number of nitrogens with two attached hydrogens (primary N) is 1. The summed E-state index contributed by atoms with van der Waals surface area (Å²) in [5.74, 6) is -2.20. The molecular weight excluding hydrogens is 235 g/mol. The molecule has 0 aliphatic rings. The molecular formula is C6H11MnN2O5-. The van der Waals surface area contributed by atoms with Gasteiger partial charge >= 0.3 is 11.9 Å². The van der Waals surface area contributed by atoms with Gasteiger partial charge in [-0.2, -0.15) is 0 Å². The van der Waals surface area contributed by atoms with Gasteiger partial charge < -0.3 is 26.5 Å². The number of hydrogen-bond donors (Lipinski definition) is 3. The van der Waals surface area contributed by atoms with E-state index in [-0.39, 0.29) is 36.3 Å². The second-order valence-electron chi connectivity index (χ2n) is 1.99. The van der Waals surface area contributed by atoms with Crippen molar-refractivity contribution in [1.82, 2.24) is 0 Å². The van der Waals surface area contributed by atoms with Crippen LogP contribution in [0.25, 0.3) is 5.73 Å². The topological polar surface area (TPSA) is 141 Å². The summed E-state index contributed by atoms with van der Waals surface area (Å²) in [5, 5.41) is 16.3. The van der Waals surface area contributed by atoms with Crippen LogP contribution in [0.2, 0.25) is 0 Å². The summed E-state index contributed by atoms with van der Waals surface area (Å²) in [7, 11) is 0. The zero-order valence-electron chi connectivity index (χ0n) is 7.14. The largest absolute Gasteiger partial charge is 0.671 e. The summed E-state index contributed by atoms with van der Waals surface area (Å²) in [6.45, 7) is 0. The fraction of sp³-hybridized carbons (Fsp3) is 0.500. The molecule has 0 rings (SSSR count). The Morgan fingerprint density at radius 2 is 1.79 bits per heavy atom. The van der Waals surface area contributed by atoms with E-state index >= 15 is 0 Å². The first-order valence-electron chi connectivity index (χ1n) is 3.26. The molecule has 0 saturated carbocycles. The van der Waals surface area contributed by atoms with E-state index in [2.05, 4.69) is 0 Å². The molecule has 1 atom stereocenters. The van der Waals surface area contributed by atoms with Crippen molar-refractivity contribution in [3.05, 3.63) is 5.73 Å². The van der Waals surface area contributed by atoms with Crippen LogP contribution >= 0.6 is 0 Å². The van der Waals surface area contributed by atoms with Gasteiger partial charge in [0.05, 0.1) is 0 Å². The minimum Gasteiger partial charge on any atom is -0.671 e. The third-order valence-corrected chi connectivity index (χ3v) is 0.986. The van der Waals surface area contributed by atoms with Crippen LogP contribution in [0.1, 0.15) is 12.8 Å². The normalized spacial score (nSPS) is 9.79. The summed E-state index contributed by atoms with van der Waals surface area (Å²) < 4.78 is 0. The maximum absolute atomic E-state index is 9.99. The molecule has 0 aromatic heterocycles. The molecule has 14 heavy (non-hydrogen) atoms. The number of nitrogens with one attached hydrogen (secondary N) is 1. The van der Waals surface area contributed by atoms with Crippen molar-refractivity contribution in [2.45, 2.75) is 18.9 Å². The van der Waals surface area contributed by atoms with Crippen molar-refractivity contribution in [2.24, 2.45) is 5.73 Å². The van der Waals surface area contributed by atoms with Crippen molar-refractivity contribution >= 4 is 18.3 Å². The van der Waals surface area contributed by atoms with E-state index < -0.39 is 18.0 Å². The maximum Gasteiger partial charge on any atom is 0.320 e. The summed E-state index contributed by atoms with van der Waals surface area (Å²) in [6, 6.07) is -1.06. The standard InChI is InChI=1S/C5H9NO4.CH3NO.Mn/c6-3(5(9)10)1-2-4(7)8;2-1-3;/h3H,1-2,6H2,(H,7,8)(H,9,10);1H,(H2,2,3);/p-1/t3-;;/m0../s1. The Balaban J connectivity index is -0.000000267. The molecule has 5 N–H and O–H groups in total. The Morgan fingerprint density at radius 3 is 2.00 bits per heavy atom. The average molecular weight is 246 g/mol. The van der Waals surface area contributed by atoms with Gasteiger partial charge in [0, 0.05) is 29.9 Å². The quantitative estimate of drug-likeness (QED) is 0.449. The minimum atomic E-state index is -1.17. The van der Waals surface area contributed by atoms with E-state index in [1.165, 1.54) is 0 Å². The van der Waals surface area contributed by atoms with E-state index in [0.717, 1.165) is 0 Å². The number of hydrogen-bond acceptors (Lipinski definition) is 4.